The molecule has 0 radical (unpaired) electrons. The molecule has 168 valence electrons. The zero-order chi connectivity index (χ0) is 21.5. The van der Waals surface area contributed by atoms with Crippen LogP contribution in [0.5, 0.6) is 0 Å². The summed E-state index contributed by atoms with van der Waals surface area (Å²) in [7, 11) is 0. The Balaban J connectivity index is 1.13. The van der Waals surface area contributed by atoms with Crippen LogP contribution >= 0.6 is 0 Å². The Morgan fingerprint density at radius 3 is 2.13 bits per heavy atom. The predicted octanol–water partition coefficient (Wildman–Crippen LogP) is 2.62. The number of nitrogens with zero attached hydrogens (tertiary/aromatic N) is 1. The number of rotatable bonds is 6. The maximum absolute atomic E-state index is 12.8. The molecule has 7 nitrogen and oxygen atoms in total. The number of amides is 2. The van der Waals surface area contributed by atoms with Crippen LogP contribution in [0.3, 0.4) is 0 Å². The lowest BCUT2D eigenvalue weighted by Crippen LogP contribution is -2.56. The molecular weight excluding hydrogens is 394 g/mol. The topological polar surface area (TPSA) is 90.9 Å². The number of ether oxygens (including phenoxy) is 1. The van der Waals surface area contributed by atoms with Crippen molar-refractivity contribution in [2.45, 2.75) is 50.5 Å². The van der Waals surface area contributed by atoms with Crippen molar-refractivity contribution in [2.75, 3.05) is 43.5 Å². The van der Waals surface area contributed by atoms with Crippen molar-refractivity contribution in [3.8, 4) is 0 Å². The minimum Gasteiger partial charge on any atom is -0.390 e. The Labute approximate surface area is 183 Å². The fraction of sp³-hybridized carbons (Fsp3) is 0.667. The summed E-state index contributed by atoms with van der Waals surface area (Å²) in [6.45, 7) is 3.25. The highest BCUT2D eigenvalue weighted by molar-refractivity contribution is 5.94. The first kappa shape index (κ1) is 20.9. The quantitative estimate of drug-likeness (QED) is 0.649. The molecule has 6 rings (SSSR count). The van der Waals surface area contributed by atoms with Crippen LogP contribution in [-0.4, -0.2) is 60.3 Å². The van der Waals surface area contributed by atoms with E-state index in [1.54, 1.807) is 0 Å². The third-order valence-corrected chi connectivity index (χ3v) is 7.61. The predicted molar refractivity (Wildman–Crippen MR) is 118 cm³/mol. The van der Waals surface area contributed by atoms with Crippen molar-refractivity contribution < 1.29 is 19.4 Å². The Morgan fingerprint density at radius 2 is 1.55 bits per heavy atom. The van der Waals surface area contributed by atoms with E-state index in [1.165, 1.54) is 6.42 Å². The van der Waals surface area contributed by atoms with E-state index in [0.717, 1.165) is 56.6 Å². The number of nitrogens with one attached hydrogen (secondary N) is 2. The molecule has 3 N–H and O–H groups in total. The van der Waals surface area contributed by atoms with E-state index in [2.05, 4.69) is 15.5 Å². The SMILES string of the molecule is O=C(CN1CCOCC1)Nc1ccc(NC(=O)CC23CC4CC(CC(O)(C4)C2)C3)cc1. The second kappa shape index (κ2) is 8.19. The summed E-state index contributed by atoms with van der Waals surface area (Å²) in [4.78, 5) is 27.1. The Morgan fingerprint density at radius 1 is 0.968 bits per heavy atom. The van der Waals surface area contributed by atoms with E-state index < -0.39 is 5.60 Å². The number of aliphatic hydroxyl groups is 1. The molecule has 1 saturated heterocycles. The van der Waals surface area contributed by atoms with E-state index >= 15 is 0 Å². The average molecular weight is 428 g/mol. The number of carbonyl (C=O) groups excluding carboxylic acids is 2. The van der Waals surface area contributed by atoms with E-state index in [4.69, 9.17) is 4.74 Å². The lowest BCUT2D eigenvalue weighted by Gasteiger charge is -2.60. The van der Waals surface area contributed by atoms with Crippen molar-refractivity contribution in [1.29, 1.82) is 0 Å². The maximum atomic E-state index is 12.8. The van der Waals surface area contributed by atoms with Crippen LogP contribution in [0.1, 0.15) is 44.9 Å². The van der Waals surface area contributed by atoms with E-state index in [0.29, 0.717) is 38.0 Å². The minimum atomic E-state index is -0.536. The van der Waals surface area contributed by atoms with Gasteiger partial charge in [0.25, 0.3) is 0 Å². The molecule has 5 aliphatic rings. The molecular formula is C24H33N3O4. The molecule has 1 aliphatic heterocycles. The fourth-order valence-corrected chi connectivity index (χ4v) is 6.95. The van der Waals surface area contributed by atoms with Crippen LogP contribution in [0.25, 0.3) is 0 Å². The molecule has 2 unspecified atom stereocenters. The minimum absolute atomic E-state index is 0.0228. The Bertz CT molecular complexity index is 820. The van der Waals surface area contributed by atoms with Gasteiger partial charge in [0.05, 0.1) is 25.4 Å². The molecule has 5 fully saturated rings. The third kappa shape index (κ3) is 4.78. The summed E-state index contributed by atoms with van der Waals surface area (Å²) in [5.41, 5.74) is 0.890. The van der Waals surface area contributed by atoms with Gasteiger partial charge < -0.3 is 20.5 Å². The number of anilines is 2. The van der Waals surface area contributed by atoms with Gasteiger partial charge in [0, 0.05) is 30.9 Å². The molecule has 31 heavy (non-hydrogen) atoms. The van der Waals surface area contributed by atoms with Gasteiger partial charge in [-0.1, -0.05) is 0 Å². The van der Waals surface area contributed by atoms with Gasteiger partial charge in [-0.05, 0) is 80.0 Å². The van der Waals surface area contributed by atoms with E-state index in [-0.39, 0.29) is 17.2 Å². The van der Waals surface area contributed by atoms with Crippen LogP contribution in [0, 0.1) is 17.3 Å². The summed E-state index contributed by atoms with van der Waals surface area (Å²) in [5, 5.41) is 16.8. The highest BCUT2D eigenvalue weighted by Crippen LogP contribution is 2.62. The highest BCUT2D eigenvalue weighted by Gasteiger charge is 2.57. The largest absolute Gasteiger partial charge is 0.390 e. The van der Waals surface area contributed by atoms with Crippen LogP contribution in [0.2, 0.25) is 0 Å². The lowest BCUT2D eigenvalue weighted by molar-refractivity contribution is -0.167. The van der Waals surface area contributed by atoms with Crippen molar-refractivity contribution in [3.63, 3.8) is 0 Å². The van der Waals surface area contributed by atoms with Gasteiger partial charge >= 0.3 is 0 Å². The van der Waals surface area contributed by atoms with E-state index in [1.807, 2.05) is 24.3 Å². The molecule has 4 aliphatic carbocycles. The zero-order valence-electron chi connectivity index (χ0n) is 18.1. The van der Waals surface area contributed by atoms with Gasteiger partial charge in [0.15, 0.2) is 0 Å². The van der Waals surface area contributed by atoms with Gasteiger partial charge in [-0.3, -0.25) is 14.5 Å². The van der Waals surface area contributed by atoms with Crippen LogP contribution in [-0.2, 0) is 14.3 Å². The molecule has 1 aromatic carbocycles. The first-order valence-corrected chi connectivity index (χ1v) is 11.6. The lowest BCUT2D eigenvalue weighted by atomic mass is 9.47. The maximum Gasteiger partial charge on any atom is 0.238 e. The van der Waals surface area contributed by atoms with Crippen LogP contribution in [0.4, 0.5) is 11.4 Å². The molecule has 4 saturated carbocycles. The van der Waals surface area contributed by atoms with Crippen LogP contribution in [0.15, 0.2) is 24.3 Å². The number of hydrogen-bond donors (Lipinski definition) is 3. The molecule has 0 aromatic heterocycles. The van der Waals surface area contributed by atoms with E-state index in [9.17, 15) is 14.7 Å². The van der Waals surface area contributed by atoms with Crippen molar-refractivity contribution >= 4 is 23.2 Å². The first-order chi connectivity index (χ1) is 14.9. The molecule has 1 heterocycles. The first-order valence-electron chi connectivity index (χ1n) is 11.6. The molecule has 0 spiro atoms. The van der Waals surface area contributed by atoms with Crippen molar-refractivity contribution in [2.24, 2.45) is 17.3 Å². The van der Waals surface area contributed by atoms with Gasteiger partial charge in [0.1, 0.15) is 0 Å². The van der Waals surface area contributed by atoms with Crippen LogP contribution < -0.4 is 10.6 Å². The summed E-state index contributed by atoms with van der Waals surface area (Å²) < 4.78 is 5.31. The average Bonchev–Trinajstić information content (AvgIpc) is 2.68. The van der Waals surface area contributed by atoms with Crippen molar-refractivity contribution in [3.05, 3.63) is 24.3 Å². The Kier molecular flexibility index (Phi) is 5.52. The highest BCUT2D eigenvalue weighted by atomic mass is 16.5. The summed E-state index contributed by atoms with van der Waals surface area (Å²) in [6.07, 6.45) is 6.48. The van der Waals surface area contributed by atoms with Gasteiger partial charge in [0.2, 0.25) is 11.8 Å². The second-order valence-corrected chi connectivity index (χ2v) is 10.4. The number of benzene rings is 1. The third-order valence-electron chi connectivity index (χ3n) is 7.61. The normalized spacial score (nSPS) is 34.5. The Hall–Kier alpha value is -1.96. The number of hydrogen-bond acceptors (Lipinski definition) is 5. The molecule has 2 atom stereocenters. The zero-order valence-corrected chi connectivity index (χ0v) is 18.1. The summed E-state index contributed by atoms with van der Waals surface area (Å²) >= 11 is 0. The standard InChI is InChI=1S/C24H33N3O4/c28-21(14-23-10-17-9-18(11-23)13-24(30,12-17)16-23)25-19-1-3-20(4-2-19)26-22(29)15-27-5-7-31-8-6-27/h1-4,17-18,30H,5-16H2,(H,25,28)(H,26,29). The van der Waals surface area contributed by atoms with Gasteiger partial charge in [-0.2, -0.15) is 0 Å². The molecule has 4 bridgehead atoms. The smallest absolute Gasteiger partial charge is 0.238 e. The molecule has 1 aromatic rings. The fourth-order valence-electron chi connectivity index (χ4n) is 6.95. The van der Waals surface area contributed by atoms with Crippen molar-refractivity contribution in [1.82, 2.24) is 4.90 Å². The molecule has 7 heteroatoms. The summed E-state index contributed by atoms with van der Waals surface area (Å²) in [6, 6.07) is 7.30. The monoisotopic (exact) mass is 427 g/mol. The van der Waals surface area contributed by atoms with Gasteiger partial charge in [-0.25, -0.2) is 0 Å². The molecule has 2 amide bonds. The summed E-state index contributed by atoms with van der Waals surface area (Å²) in [5.74, 6) is 1.15. The number of morpholine rings is 1. The number of carbonyl (C=O) groups is 2. The second-order valence-electron chi connectivity index (χ2n) is 10.4. The van der Waals surface area contributed by atoms with Gasteiger partial charge in [-0.15, -0.1) is 0 Å².